The number of nitro groups is 1. The van der Waals surface area contributed by atoms with E-state index in [1.165, 1.54) is 25.3 Å². The third-order valence-electron chi connectivity index (χ3n) is 1.84. The van der Waals surface area contributed by atoms with Crippen LogP contribution in [0.3, 0.4) is 0 Å². The third-order valence-corrected chi connectivity index (χ3v) is 2.67. The first-order valence-corrected chi connectivity index (χ1v) is 4.59. The first-order chi connectivity index (χ1) is 6.49. The van der Waals surface area contributed by atoms with Gasteiger partial charge in [-0.25, -0.2) is 4.79 Å². The number of hydrogen-bond donors (Lipinski definition) is 0. The predicted octanol–water partition coefficient (Wildman–Crippen LogP) is 1.41. The number of ether oxygens (including phenoxy) is 1. The maximum absolute atomic E-state index is 11.1. The summed E-state index contributed by atoms with van der Waals surface area (Å²) in [6, 6.07) is 0. The Morgan fingerprint density at radius 1 is 1.79 bits per heavy atom. The smallest absolute Gasteiger partial charge is 0.334 e. The van der Waals surface area contributed by atoms with E-state index in [-0.39, 0.29) is 12.0 Å². The number of hydrogen-bond acceptors (Lipinski definition) is 4. The molecule has 0 bridgehead atoms. The number of rotatable bonds is 2. The fourth-order valence-corrected chi connectivity index (χ4v) is 1.55. The molecule has 0 aliphatic heterocycles. The lowest BCUT2D eigenvalue weighted by Crippen LogP contribution is -2.32. The van der Waals surface area contributed by atoms with Crippen LogP contribution in [0.5, 0.6) is 0 Å². The Kier molecular flexibility index (Phi) is 3.05. The van der Waals surface area contributed by atoms with Gasteiger partial charge in [-0.05, 0) is 0 Å². The number of halogens is 1. The minimum absolute atomic E-state index is 0.0107. The first-order valence-electron chi connectivity index (χ1n) is 3.80. The fraction of sp³-hybridized carbons (Fsp3) is 0.375. The zero-order valence-corrected chi connectivity index (χ0v) is 8.98. The molecule has 0 spiro atoms. The Labute approximate surface area is 88.7 Å². The zero-order valence-electron chi connectivity index (χ0n) is 7.40. The maximum atomic E-state index is 11.1. The van der Waals surface area contributed by atoms with Gasteiger partial charge in [-0.1, -0.05) is 12.2 Å². The highest BCUT2D eigenvalue weighted by Gasteiger charge is 2.40. The van der Waals surface area contributed by atoms with E-state index in [2.05, 4.69) is 20.7 Å². The molecule has 0 fully saturated rings. The summed E-state index contributed by atoms with van der Waals surface area (Å²) in [5, 5.41) is 10.7. The van der Waals surface area contributed by atoms with Gasteiger partial charge in [-0.3, -0.25) is 10.1 Å². The monoisotopic (exact) mass is 261 g/mol. The average Bonchev–Trinajstić information content (AvgIpc) is 2.16. The van der Waals surface area contributed by atoms with E-state index in [1.807, 2.05) is 0 Å². The Morgan fingerprint density at radius 3 is 2.93 bits per heavy atom. The van der Waals surface area contributed by atoms with E-state index in [0.717, 1.165) is 0 Å². The maximum Gasteiger partial charge on any atom is 0.334 e. The van der Waals surface area contributed by atoms with Gasteiger partial charge in [0.1, 0.15) is 0 Å². The number of carbonyl (C=O) groups excluding carboxylic acids is 1. The Balaban J connectivity index is 2.88. The first kappa shape index (κ1) is 10.9. The number of methoxy groups -OCH3 is 1. The zero-order chi connectivity index (χ0) is 10.8. The topological polar surface area (TPSA) is 69.4 Å². The minimum Gasteiger partial charge on any atom is -0.466 e. The van der Waals surface area contributed by atoms with Crippen molar-refractivity contribution in [1.29, 1.82) is 0 Å². The van der Waals surface area contributed by atoms with Gasteiger partial charge in [0.05, 0.1) is 13.5 Å². The van der Waals surface area contributed by atoms with Crippen molar-refractivity contribution in [1.82, 2.24) is 0 Å². The average molecular weight is 262 g/mol. The van der Waals surface area contributed by atoms with Gasteiger partial charge in [-0.15, -0.1) is 0 Å². The molecule has 0 aromatic rings. The molecular formula is C8H8BrNO4. The molecule has 0 radical (unpaired) electrons. The molecule has 0 aromatic heterocycles. The fourth-order valence-electron chi connectivity index (χ4n) is 1.09. The summed E-state index contributed by atoms with van der Waals surface area (Å²) in [5.41, 5.74) is 0.281. The summed E-state index contributed by atoms with van der Waals surface area (Å²) in [6.45, 7) is 0. The van der Waals surface area contributed by atoms with E-state index in [1.54, 1.807) is 0 Å². The van der Waals surface area contributed by atoms with Crippen molar-refractivity contribution in [3.05, 3.63) is 33.9 Å². The predicted molar refractivity (Wildman–Crippen MR) is 52.5 cm³/mol. The molecule has 1 aliphatic rings. The summed E-state index contributed by atoms with van der Waals surface area (Å²) < 4.78 is 3.09. The second kappa shape index (κ2) is 3.91. The van der Waals surface area contributed by atoms with Gasteiger partial charge < -0.3 is 4.74 Å². The van der Waals surface area contributed by atoms with E-state index in [4.69, 9.17) is 0 Å². The summed E-state index contributed by atoms with van der Waals surface area (Å²) in [5.74, 6) is -0.542. The molecule has 5 nitrogen and oxygen atoms in total. The van der Waals surface area contributed by atoms with E-state index >= 15 is 0 Å². The van der Waals surface area contributed by atoms with Crippen LogP contribution in [0.15, 0.2) is 23.8 Å². The van der Waals surface area contributed by atoms with Crippen LogP contribution in [0.2, 0.25) is 0 Å². The van der Waals surface area contributed by atoms with Gasteiger partial charge in [0.2, 0.25) is 0 Å². The van der Waals surface area contributed by atoms with Crippen molar-refractivity contribution in [3.8, 4) is 0 Å². The third kappa shape index (κ3) is 2.01. The van der Waals surface area contributed by atoms with Crippen LogP contribution in [-0.2, 0) is 9.53 Å². The molecule has 0 aromatic carbocycles. The number of carbonyl (C=O) groups is 1. The molecule has 0 N–H and O–H groups in total. The molecule has 1 unspecified atom stereocenters. The van der Waals surface area contributed by atoms with Crippen molar-refractivity contribution in [3.63, 3.8) is 0 Å². The van der Waals surface area contributed by atoms with Crippen molar-refractivity contribution < 1.29 is 14.5 Å². The molecular weight excluding hydrogens is 254 g/mol. The molecule has 0 amide bonds. The molecule has 1 aliphatic carbocycles. The summed E-state index contributed by atoms with van der Waals surface area (Å²) >= 11 is 2.96. The van der Waals surface area contributed by atoms with Crippen molar-refractivity contribution in [2.75, 3.05) is 7.11 Å². The molecule has 1 atom stereocenters. The van der Waals surface area contributed by atoms with Gasteiger partial charge in [0, 0.05) is 32.5 Å². The summed E-state index contributed by atoms with van der Waals surface area (Å²) in [6.07, 6.45) is 4.35. The quantitative estimate of drug-likeness (QED) is 0.248. The molecule has 1 rings (SSSR count). The van der Waals surface area contributed by atoms with Crippen LogP contribution in [0.1, 0.15) is 6.42 Å². The highest BCUT2D eigenvalue weighted by atomic mass is 79.9. The second-order valence-electron chi connectivity index (χ2n) is 2.80. The Hall–Kier alpha value is -1.17. The number of esters is 1. The lowest BCUT2D eigenvalue weighted by molar-refractivity contribution is -0.521. The van der Waals surface area contributed by atoms with Gasteiger partial charge in [-0.2, -0.15) is 0 Å². The van der Waals surface area contributed by atoms with Crippen LogP contribution in [-0.4, -0.2) is 22.5 Å². The SMILES string of the molecule is COC(=O)C1=CC=CC(Br)([N+](=O)[O-])C1. The summed E-state index contributed by atoms with van der Waals surface area (Å²) in [4.78, 5) is 21.3. The van der Waals surface area contributed by atoms with Gasteiger partial charge in [0.25, 0.3) is 4.45 Å². The number of nitrogens with zero attached hydrogens (tertiary/aromatic N) is 1. The minimum atomic E-state index is -1.38. The standard InChI is InChI=1S/C8H8BrNO4/c1-14-7(11)6-3-2-4-8(9,5-6)10(12)13/h2-4H,5H2,1H3. The normalized spacial score (nSPS) is 25.4. The molecule has 14 heavy (non-hydrogen) atoms. The lowest BCUT2D eigenvalue weighted by atomic mass is 10.0. The van der Waals surface area contributed by atoms with E-state index < -0.39 is 15.3 Å². The molecule has 76 valence electrons. The largest absolute Gasteiger partial charge is 0.466 e. The Morgan fingerprint density at radius 2 is 2.43 bits per heavy atom. The Bertz CT molecular complexity index is 336. The van der Waals surface area contributed by atoms with Crippen LogP contribution in [0.4, 0.5) is 0 Å². The van der Waals surface area contributed by atoms with Gasteiger partial charge in [0.15, 0.2) is 0 Å². The molecule has 6 heteroatoms. The summed E-state index contributed by atoms with van der Waals surface area (Å²) in [7, 11) is 1.24. The van der Waals surface area contributed by atoms with E-state index in [0.29, 0.717) is 0 Å². The second-order valence-corrected chi connectivity index (χ2v) is 4.17. The van der Waals surface area contributed by atoms with Crippen molar-refractivity contribution >= 4 is 21.9 Å². The number of allylic oxidation sites excluding steroid dienone is 2. The van der Waals surface area contributed by atoms with Crippen LogP contribution in [0.25, 0.3) is 0 Å². The molecule has 0 heterocycles. The van der Waals surface area contributed by atoms with Crippen LogP contribution < -0.4 is 0 Å². The van der Waals surface area contributed by atoms with Crippen molar-refractivity contribution in [2.24, 2.45) is 0 Å². The van der Waals surface area contributed by atoms with Gasteiger partial charge >= 0.3 is 5.97 Å². The lowest BCUT2D eigenvalue weighted by Gasteiger charge is -2.18. The molecule has 0 saturated carbocycles. The molecule has 0 saturated heterocycles. The highest BCUT2D eigenvalue weighted by molar-refractivity contribution is 9.10. The number of alkyl halides is 1. The van der Waals surface area contributed by atoms with Crippen LogP contribution in [0, 0.1) is 10.1 Å². The van der Waals surface area contributed by atoms with E-state index in [9.17, 15) is 14.9 Å². The highest BCUT2D eigenvalue weighted by Crippen LogP contribution is 2.32. The van der Waals surface area contributed by atoms with Crippen molar-refractivity contribution in [2.45, 2.75) is 10.9 Å². The van der Waals surface area contributed by atoms with Crippen LogP contribution >= 0.6 is 15.9 Å².